The number of pyridine rings is 1. The van der Waals surface area contributed by atoms with E-state index in [-0.39, 0.29) is 6.04 Å². The molecule has 2 N–H and O–H groups in total. The Balaban J connectivity index is 2.29. The smallest absolute Gasteiger partial charge is 0.0679 e. The highest BCUT2D eigenvalue weighted by Crippen LogP contribution is 2.26. The molecule has 2 aromatic rings. The average Bonchev–Trinajstić information content (AvgIpc) is 2.53. The van der Waals surface area contributed by atoms with Gasteiger partial charge in [0.1, 0.15) is 0 Å². The molecule has 0 aliphatic carbocycles. The average molecular weight is 269 g/mol. The third-order valence-corrected chi connectivity index (χ3v) is 3.51. The molecule has 1 heterocycles. The minimum absolute atomic E-state index is 0.178. The fourth-order valence-corrected chi connectivity index (χ4v) is 2.43. The SMILES string of the molecule is CCCCN(c1ccccc1)C(CN)c1cccnc1. The third kappa shape index (κ3) is 3.58. The quantitative estimate of drug-likeness (QED) is 0.837. The van der Waals surface area contributed by atoms with Crippen LogP contribution in [0.4, 0.5) is 5.69 Å². The summed E-state index contributed by atoms with van der Waals surface area (Å²) >= 11 is 0. The maximum atomic E-state index is 6.05. The summed E-state index contributed by atoms with van der Waals surface area (Å²) in [6, 6.07) is 14.7. The van der Waals surface area contributed by atoms with Crippen molar-refractivity contribution in [3.05, 3.63) is 60.4 Å². The molecule has 3 nitrogen and oxygen atoms in total. The van der Waals surface area contributed by atoms with Crippen LogP contribution in [0.3, 0.4) is 0 Å². The van der Waals surface area contributed by atoms with E-state index < -0.39 is 0 Å². The Morgan fingerprint density at radius 1 is 1.15 bits per heavy atom. The predicted octanol–water partition coefficient (Wildman–Crippen LogP) is 3.39. The van der Waals surface area contributed by atoms with Crippen molar-refractivity contribution >= 4 is 5.69 Å². The van der Waals surface area contributed by atoms with E-state index in [4.69, 9.17) is 5.73 Å². The van der Waals surface area contributed by atoms with Gasteiger partial charge in [-0.25, -0.2) is 0 Å². The largest absolute Gasteiger partial charge is 0.363 e. The number of rotatable bonds is 7. The van der Waals surface area contributed by atoms with Crippen LogP contribution < -0.4 is 10.6 Å². The van der Waals surface area contributed by atoms with Gasteiger partial charge in [0.25, 0.3) is 0 Å². The molecule has 0 radical (unpaired) electrons. The van der Waals surface area contributed by atoms with Crippen LogP contribution in [0.15, 0.2) is 54.9 Å². The topological polar surface area (TPSA) is 42.1 Å². The van der Waals surface area contributed by atoms with Gasteiger partial charge in [0.15, 0.2) is 0 Å². The number of anilines is 1. The van der Waals surface area contributed by atoms with E-state index in [2.05, 4.69) is 47.1 Å². The van der Waals surface area contributed by atoms with E-state index in [0.717, 1.165) is 13.0 Å². The Kier molecular flexibility index (Phi) is 5.56. The molecular weight excluding hydrogens is 246 g/mol. The number of nitrogens with zero attached hydrogens (tertiary/aromatic N) is 2. The van der Waals surface area contributed by atoms with E-state index in [9.17, 15) is 0 Å². The Bertz CT molecular complexity index is 484. The maximum absolute atomic E-state index is 6.05. The fourth-order valence-electron chi connectivity index (χ4n) is 2.43. The van der Waals surface area contributed by atoms with Gasteiger partial charge in [0.05, 0.1) is 6.04 Å². The molecule has 1 atom stereocenters. The molecule has 1 unspecified atom stereocenters. The Hall–Kier alpha value is -1.87. The van der Waals surface area contributed by atoms with E-state index >= 15 is 0 Å². The minimum Gasteiger partial charge on any atom is -0.363 e. The fraction of sp³-hybridized carbons (Fsp3) is 0.353. The zero-order valence-corrected chi connectivity index (χ0v) is 12.1. The van der Waals surface area contributed by atoms with Crippen LogP contribution in [0.5, 0.6) is 0 Å². The molecule has 106 valence electrons. The van der Waals surface area contributed by atoms with Crippen molar-refractivity contribution in [1.29, 1.82) is 0 Å². The minimum atomic E-state index is 0.178. The lowest BCUT2D eigenvalue weighted by Crippen LogP contribution is -2.34. The molecule has 0 amide bonds. The van der Waals surface area contributed by atoms with Crippen LogP contribution in [0, 0.1) is 0 Å². The van der Waals surface area contributed by atoms with Crippen LogP contribution in [-0.4, -0.2) is 18.1 Å². The summed E-state index contributed by atoms with van der Waals surface area (Å²) in [6.45, 7) is 3.81. The van der Waals surface area contributed by atoms with Gasteiger partial charge in [-0.1, -0.05) is 37.6 Å². The molecule has 1 aromatic carbocycles. The summed E-state index contributed by atoms with van der Waals surface area (Å²) < 4.78 is 0. The molecule has 3 heteroatoms. The second-order valence-electron chi connectivity index (χ2n) is 4.92. The predicted molar refractivity (Wildman–Crippen MR) is 84.7 cm³/mol. The van der Waals surface area contributed by atoms with Crippen molar-refractivity contribution in [1.82, 2.24) is 4.98 Å². The lowest BCUT2D eigenvalue weighted by atomic mass is 10.1. The van der Waals surface area contributed by atoms with Gasteiger partial charge in [0.2, 0.25) is 0 Å². The number of para-hydroxylation sites is 1. The highest BCUT2D eigenvalue weighted by Gasteiger charge is 2.19. The van der Waals surface area contributed by atoms with Crippen molar-refractivity contribution in [3.63, 3.8) is 0 Å². The molecule has 0 bridgehead atoms. The van der Waals surface area contributed by atoms with Gasteiger partial charge in [-0.15, -0.1) is 0 Å². The van der Waals surface area contributed by atoms with Crippen molar-refractivity contribution in [2.45, 2.75) is 25.8 Å². The van der Waals surface area contributed by atoms with Crippen LogP contribution >= 0.6 is 0 Å². The van der Waals surface area contributed by atoms with Crippen molar-refractivity contribution in [2.75, 3.05) is 18.0 Å². The lowest BCUT2D eigenvalue weighted by molar-refractivity contribution is 0.603. The molecule has 0 aliphatic rings. The second-order valence-corrected chi connectivity index (χ2v) is 4.92. The number of unbranched alkanes of at least 4 members (excludes halogenated alkanes) is 1. The van der Waals surface area contributed by atoms with E-state index in [1.165, 1.54) is 17.7 Å². The lowest BCUT2D eigenvalue weighted by Gasteiger charge is -2.33. The van der Waals surface area contributed by atoms with Gasteiger partial charge < -0.3 is 10.6 Å². The standard InChI is InChI=1S/C17H23N3/c1-2-3-12-20(16-9-5-4-6-10-16)17(13-18)15-8-7-11-19-14-15/h4-11,14,17H,2-3,12-13,18H2,1H3. The molecule has 0 saturated carbocycles. The van der Waals surface area contributed by atoms with E-state index in [1.54, 1.807) is 6.20 Å². The zero-order chi connectivity index (χ0) is 14.2. The van der Waals surface area contributed by atoms with Crippen LogP contribution in [0.1, 0.15) is 31.4 Å². The first-order chi connectivity index (χ1) is 9.86. The first kappa shape index (κ1) is 14.5. The molecule has 0 saturated heterocycles. The molecular formula is C17H23N3. The van der Waals surface area contributed by atoms with Crippen LogP contribution in [0.25, 0.3) is 0 Å². The summed E-state index contributed by atoms with van der Waals surface area (Å²) in [7, 11) is 0. The van der Waals surface area contributed by atoms with Gasteiger partial charge >= 0.3 is 0 Å². The molecule has 0 aliphatic heterocycles. The number of hydrogen-bond acceptors (Lipinski definition) is 3. The second kappa shape index (κ2) is 7.65. The van der Waals surface area contributed by atoms with Gasteiger partial charge in [0, 0.05) is 31.2 Å². The van der Waals surface area contributed by atoms with Gasteiger partial charge in [-0.3, -0.25) is 4.98 Å². The molecule has 2 rings (SSSR count). The summed E-state index contributed by atoms with van der Waals surface area (Å²) in [6.07, 6.45) is 6.05. The van der Waals surface area contributed by atoms with Crippen LogP contribution in [0.2, 0.25) is 0 Å². The first-order valence-corrected chi connectivity index (χ1v) is 7.28. The van der Waals surface area contributed by atoms with E-state index in [1.807, 2.05) is 18.3 Å². The molecule has 1 aromatic heterocycles. The summed E-state index contributed by atoms with van der Waals surface area (Å²) in [5.41, 5.74) is 8.44. The summed E-state index contributed by atoms with van der Waals surface area (Å²) in [4.78, 5) is 6.62. The van der Waals surface area contributed by atoms with Crippen LogP contribution in [-0.2, 0) is 0 Å². The van der Waals surface area contributed by atoms with Crippen molar-refractivity contribution < 1.29 is 0 Å². The molecule has 0 fully saturated rings. The summed E-state index contributed by atoms with van der Waals surface area (Å²) in [5.74, 6) is 0. The highest BCUT2D eigenvalue weighted by atomic mass is 15.2. The monoisotopic (exact) mass is 269 g/mol. The number of hydrogen-bond donors (Lipinski definition) is 1. The Morgan fingerprint density at radius 2 is 1.95 bits per heavy atom. The summed E-state index contributed by atoms with van der Waals surface area (Å²) in [5, 5.41) is 0. The Morgan fingerprint density at radius 3 is 2.55 bits per heavy atom. The van der Waals surface area contributed by atoms with E-state index in [0.29, 0.717) is 6.54 Å². The maximum Gasteiger partial charge on any atom is 0.0679 e. The first-order valence-electron chi connectivity index (χ1n) is 7.28. The zero-order valence-electron chi connectivity index (χ0n) is 12.1. The van der Waals surface area contributed by atoms with Gasteiger partial charge in [-0.05, 0) is 30.2 Å². The number of nitrogens with two attached hydrogens (primary N) is 1. The van der Waals surface area contributed by atoms with Crippen molar-refractivity contribution in [3.8, 4) is 0 Å². The molecule has 20 heavy (non-hydrogen) atoms. The Labute approximate surface area is 121 Å². The number of benzene rings is 1. The normalized spacial score (nSPS) is 12.1. The molecule has 0 spiro atoms. The third-order valence-electron chi connectivity index (χ3n) is 3.51. The number of aromatic nitrogens is 1. The van der Waals surface area contributed by atoms with Crippen molar-refractivity contribution in [2.24, 2.45) is 5.73 Å². The van der Waals surface area contributed by atoms with Gasteiger partial charge in [-0.2, -0.15) is 0 Å². The highest BCUT2D eigenvalue weighted by molar-refractivity contribution is 5.48.